The third-order valence-corrected chi connectivity index (χ3v) is 3.88. The van der Waals surface area contributed by atoms with Crippen molar-refractivity contribution in [2.24, 2.45) is 0 Å². The molecule has 118 valence electrons. The molecule has 0 saturated heterocycles. The van der Waals surface area contributed by atoms with E-state index in [0.29, 0.717) is 0 Å². The van der Waals surface area contributed by atoms with Crippen LogP contribution in [0.5, 0.6) is 11.6 Å². The number of para-hydroxylation sites is 1. The van der Waals surface area contributed by atoms with E-state index in [1.807, 2.05) is 22.9 Å². The minimum atomic E-state index is 0.791. The lowest BCUT2D eigenvalue weighted by Crippen LogP contribution is -2.05. The first-order valence-corrected chi connectivity index (χ1v) is 7.93. The predicted octanol–water partition coefficient (Wildman–Crippen LogP) is 3.11. The van der Waals surface area contributed by atoms with Gasteiger partial charge in [0, 0.05) is 19.2 Å². The molecule has 0 fully saturated rings. The van der Waals surface area contributed by atoms with Gasteiger partial charge in [-0.1, -0.05) is 18.2 Å². The van der Waals surface area contributed by atoms with Gasteiger partial charge in [0.2, 0.25) is 5.88 Å². The van der Waals surface area contributed by atoms with Gasteiger partial charge in [0.15, 0.2) is 5.82 Å². The van der Waals surface area contributed by atoms with Crippen molar-refractivity contribution in [2.45, 2.75) is 32.2 Å². The van der Waals surface area contributed by atoms with Crippen molar-refractivity contribution in [3.63, 3.8) is 0 Å². The second-order valence-electron chi connectivity index (χ2n) is 5.49. The zero-order valence-corrected chi connectivity index (χ0v) is 13.0. The van der Waals surface area contributed by atoms with Gasteiger partial charge in [0.1, 0.15) is 5.75 Å². The van der Waals surface area contributed by atoms with Crippen molar-refractivity contribution >= 4 is 5.82 Å². The molecule has 1 aromatic carbocycles. The van der Waals surface area contributed by atoms with Gasteiger partial charge in [-0.3, -0.25) is 0 Å². The number of hydrogen-bond donors (Lipinski definition) is 1. The van der Waals surface area contributed by atoms with Gasteiger partial charge in [-0.25, -0.2) is 4.68 Å². The van der Waals surface area contributed by atoms with Crippen LogP contribution in [0.2, 0.25) is 0 Å². The first-order valence-electron chi connectivity index (χ1n) is 7.93. The quantitative estimate of drug-likeness (QED) is 0.833. The number of aromatic nitrogens is 2. The third-order valence-electron chi connectivity index (χ3n) is 3.88. The van der Waals surface area contributed by atoms with Crippen molar-refractivity contribution < 1.29 is 9.47 Å². The number of benzene rings is 1. The first-order chi connectivity index (χ1) is 10.9. The summed E-state index contributed by atoms with van der Waals surface area (Å²) in [4.78, 5) is 0. The fraction of sp³-hybridized carbons (Fsp3) is 0.471. The number of anilines is 1. The summed E-state index contributed by atoms with van der Waals surface area (Å²) < 4.78 is 13.0. The molecule has 22 heavy (non-hydrogen) atoms. The van der Waals surface area contributed by atoms with Crippen molar-refractivity contribution in [1.29, 1.82) is 0 Å². The Kier molecular flexibility index (Phi) is 4.83. The molecule has 0 amide bonds. The van der Waals surface area contributed by atoms with Gasteiger partial charge in [0.25, 0.3) is 0 Å². The second kappa shape index (κ2) is 7.20. The second-order valence-corrected chi connectivity index (χ2v) is 5.49. The lowest BCUT2D eigenvalue weighted by Gasteiger charge is -2.08. The van der Waals surface area contributed by atoms with E-state index in [2.05, 4.69) is 22.5 Å². The molecular formula is C17H23N3O2. The zero-order valence-electron chi connectivity index (χ0n) is 13.0. The summed E-state index contributed by atoms with van der Waals surface area (Å²) >= 11 is 0. The molecule has 0 atom stereocenters. The highest BCUT2D eigenvalue weighted by Crippen LogP contribution is 2.22. The molecule has 5 heteroatoms. The number of ether oxygens (including phenoxy) is 2. The molecule has 0 spiro atoms. The van der Waals surface area contributed by atoms with Crippen LogP contribution in [-0.4, -0.2) is 30.0 Å². The van der Waals surface area contributed by atoms with Crippen LogP contribution >= 0.6 is 0 Å². The standard InChI is InChI=1S/C17H23N3O2/c1-21-15-9-3-2-7-14(15)8-6-10-18-16-13-17-20(19-16)11-4-5-12-22-17/h2-3,7,9,13H,4-6,8,10-12H2,1H3,(H,18,19). The summed E-state index contributed by atoms with van der Waals surface area (Å²) in [6.45, 7) is 2.62. The molecule has 1 aliphatic heterocycles. The molecule has 3 rings (SSSR count). The molecular weight excluding hydrogens is 278 g/mol. The molecule has 2 heterocycles. The van der Waals surface area contributed by atoms with Gasteiger partial charge in [-0.2, -0.15) is 5.10 Å². The monoisotopic (exact) mass is 301 g/mol. The van der Waals surface area contributed by atoms with Gasteiger partial charge < -0.3 is 14.8 Å². The Hall–Kier alpha value is -2.17. The molecule has 0 saturated carbocycles. The van der Waals surface area contributed by atoms with Crippen molar-refractivity contribution in [3.8, 4) is 11.6 Å². The Morgan fingerprint density at radius 1 is 1.32 bits per heavy atom. The molecule has 0 aliphatic carbocycles. The molecule has 1 aromatic heterocycles. The maximum absolute atomic E-state index is 5.68. The van der Waals surface area contributed by atoms with E-state index >= 15 is 0 Å². The lowest BCUT2D eigenvalue weighted by molar-refractivity contribution is 0.303. The summed E-state index contributed by atoms with van der Waals surface area (Å²) in [5, 5.41) is 7.92. The van der Waals surface area contributed by atoms with Crippen LogP contribution in [0.25, 0.3) is 0 Å². The number of fused-ring (bicyclic) bond motifs is 1. The van der Waals surface area contributed by atoms with Gasteiger partial charge >= 0.3 is 0 Å². The molecule has 2 aromatic rings. The summed E-state index contributed by atoms with van der Waals surface area (Å²) in [5.74, 6) is 2.74. The van der Waals surface area contributed by atoms with E-state index in [1.165, 1.54) is 5.56 Å². The average molecular weight is 301 g/mol. The SMILES string of the molecule is COc1ccccc1CCCNc1cc2n(n1)CCCCO2. The summed E-state index contributed by atoms with van der Waals surface area (Å²) in [6.07, 6.45) is 4.25. The van der Waals surface area contributed by atoms with Crippen LogP contribution < -0.4 is 14.8 Å². The Labute approximate surface area is 131 Å². The molecule has 0 bridgehead atoms. The van der Waals surface area contributed by atoms with E-state index in [9.17, 15) is 0 Å². The van der Waals surface area contributed by atoms with E-state index < -0.39 is 0 Å². The van der Waals surface area contributed by atoms with E-state index in [-0.39, 0.29) is 0 Å². The van der Waals surface area contributed by atoms with E-state index in [4.69, 9.17) is 9.47 Å². The molecule has 0 unspecified atom stereocenters. The number of rotatable bonds is 6. The minimum absolute atomic E-state index is 0.791. The first kappa shape index (κ1) is 14.8. The highest BCUT2D eigenvalue weighted by Gasteiger charge is 2.11. The molecule has 1 aliphatic rings. The largest absolute Gasteiger partial charge is 0.496 e. The number of methoxy groups -OCH3 is 1. The summed E-state index contributed by atoms with van der Waals surface area (Å²) in [6, 6.07) is 10.2. The lowest BCUT2D eigenvalue weighted by atomic mass is 10.1. The maximum Gasteiger partial charge on any atom is 0.213 e. The molecule has 5 nitrogen and oxygen atoms in total. The predicted molar refractivity (Wildman–Crippen MR) is 86.8 cm³/mol. The topological polar surface area (TPSA) is 48.3 Å². The highest BCUT2D eigenvalue weighted by atomic mass is 16.5. The van der Waals surface area contributed by atoms with Crippen molar-refractivity contribution in [1.82, 2.24) is 9.78 Å². The zero-order chi connectivity index (χ0) is 15.2. The van der Waals surface area contributed by atoms with Gasteiger partial charge in [0.05, 0.1) is 13.7 Å². The summed E-state index contributed by atoms with van der Waals surface area (Å²) in [7, 11) is 1.72. The van der Waals surface area contributed by atoms with E-state index in [0.717, 1.165) is 62.8 Å². The Morgan fingerprint density at radius 3 is 3.14 bits per heavy atom. The number of nitrogens with zero attached hydrogens (tertiary/aromatic N) is 2. The number of hydrogen-bond acceptors (Lipinski definition) is 4. The average Bonchev–Trinajstić information content (AvgIpc) is 2.81. The van der Waals surface area contributed by atoms with Crippen LogP contribution in [0.4, 0.5) is 5.82 Å². The third kappa shape index (κ3) is 3.53. The Bertz CT molecular complexity index is 586. The fourth-order valence-electron chi connectivity index (χ4n) is 2.71. The number of aryl methyl sites for hydroxylation is 2. The fourth-order valence-corrected chi connectivity index (χ4v) is 2.71. The normalized spacial score (nSPS) is 13.9. The Morgan fingerprint density at radius 2 is 2.23 bits per heavy atom. The Balaban J connectivity index is 1.49. The molecule has 1 N–H and O–H groups in total. The van der Waals surface area contributed by atoms with Gasteiger partial charge in [-0.15, -0.1) is 0 Å². The van der Waals surface area contributed by atoms with Crippen LogP contribution in [0, 0.1) is 0 Å². The van der Waals surface area contributed by atoms with Gasteiger partial charge in [-0.05, 0) is 37.3 Å². The van der Waals surface area contributed by atoms with Crippen molar-refractivity contribution in [3.05, 3.63) is 35.9 Å². The maximum atomic E-state index is 5.68. The van der Waals surface area contributed by atoms with Crippen LogP contribution in [0.1, 0.15) is 24.8 Å². The smallest absolute Gasteiger partial charge is 0.213 e. The van der Waals surface area contributed by atoms with Crippen molar-refractivity contribution in [2.75, 3.05) is 25.6 Å². The summed E-state index contributed by atoms with van der Waals surface area (Å²) in [5.41, 5.74) is 1.25. The van der Waals surface area contributed by atoms with E-state index in [1.54, 1.807) is 7.11 Å². The number of nitrogens with one attached hydrogen (secondary N) is 1. The molecule has 0 radical (unpaired) electrons. The van der Waals surface area contributed by atoms with Crippen LogP contribution in [0.3, 0.4) is 0 Å². The van der Waals surface area contributed by atoms with Crippen LogP contribution in [0.15, 0.2) is 30.3 Å². The highest BCUT2D eigenvalue weighted by molar-refractivity contribution is 5.39. The minimum Gasteiger partial charge on any atom is -0.496 e. The van der Waals surface area contributed by atoms with Crippen LogP contribution in [-0.2, 0) is 13.0 Å².